The number of esters is 1. The first-order valence-electron chi connectivity index (χ1n) is 9.34. The Balaban J connectivity index is 1.91. The second kappa shape index (κ2) is 11.1. The highest BCUT2D eigenvalue weighted by atomic mass is 16.5. The Morgan fingerprint density at radius 1 is 1.36 bits per heavy atom. The van der Waals surface area contributed by atoms with Gasteiger partial charge in [-0.25, -0.2) is 0 Å². The minimum atomic E-state index is -0.710. The fourth-order valence-electron chi connectivity index (χ4n) is 2.78. The van der Waals surface area contributed by atoms with Gasteiger partial charge in [0, 0.05) is 18.8 Å². The van der Waals surface area contributed by atoms with Crippen LogP contribution in [0, 0.1) is 0 Å². The second-order valence-corrected chi connectivity index (χ2v) is 6.37. The molecule has 0 aromatic heterocycles. The number of carbonyl (C=O) groups excluding carboxylic acids is 3. The van der Waals surface area contributed by atoms with Gasteiger partial charge in [0.1, 0.15) is 18.4 Å². The normalized spacial score (nSPS) is 16.8. The molecule has 152 valence electrons. The number of hydrogen-bond donors (Lipinski definition) is 2. The van der Waals surface area contributed by atoms with Gasteiger partial charge in [0.05, 0.1) is 19.6 Å². The number of ether oxygens (including phenoxy) is 2. The van der Waals surface area contributed by atoms with Gasteiger partial charge in [0.15, 0.2) is 0 Å². The van der Waals surface area contributed by atoms with Crippen LogP contribution in [0.4, 0.5) is 5.69 Å². The fraction of sp³-hybridized carbons (Fsp3) is 0.450. The summed E-state index contributed by atoms with van der Waals surface area (Å²) >= 11 is 0. The Hall–Kier alpha value is -2.87. The van der Waals surface area contributed by atoms with E-state index >= 15 is 0 Å². The number of anilines is 1. The standard InChI is InChI=1S/C20H27N3O5/c1-3-11-27-16-7-5-15(6-8-16)22-18(24)14-23-10-9-21-20(26)17(23)13-19(25)28-12-4-2/h3,5-8,17H,1,4,9-14H2,2H3,(H,21,26)(H,22,24). The van der Waals surface area contributed by atoms with E-state index in [9.17, 15) is 14.4 Å². The van der Waals surface area contributed by atoms with Crippen molar-refractivity contribution in [1.29, 1.82) is 0 Å². The van der Waals surface area contributed by atoms with Crippen molar-refractivity contribution < 1.29 is 23.9 Å². The molecule has 1 heterocycles. The smallest absolute Gasteiger partial charge is 0.307 e. The van der Waals surface area contributed by atoms with Crippen LogP contribution in [-0.4, -0.2) is 61.6 Å². The van der Waals surface area contributed by atoms with Crippen LogP contribution in [0.2, 0.25) is 0 Å². The van der Waals surface area contributed by atoms with Crippen LogP contribution in [0.3, 0.4) is 0 Å². The Kier molecular flexibility index (Phi) is 8.48. The van der Waals surface area contributed by atoms with Gasteiger partial charge in [-0.3, -0.25) is 19.3 Å². The molecule has 0 saturated carbocycles. The molecule has 1 aromatic carbocycles. The highest BCUT2D eigenvalue weighted by Crippen LogP contribution is 2.16. The Bertz CT molecular complexity index is 690. The zero-order chi connectivity index (χ0) is 20.4. The topological polar surface area (TPSA) is 97.0 Å². The summed E-state index contributed by atoms with van der Waals surface area (Å²) in [6, 6.07) is 6.26. The maximum atomic E-state index is 12.4. The highest BCUT2D eigenvalue weighted by molar-refractivity contribution is 5.93. The summed E-state index contributed by atoms with van der Waals surface area (Å²) in [5.74, 6) is -0.293. The predicted octanol–water partition coefficient (Wildman–Crippen LogP) is 1.33. The van der Waals surface area contributed by atoms with E-state index in [1.54, 1.807) is 35.2 Å². The minimum Gasteiger partial charge on any atom is -0.490 e. The number of hydrogen-bond acceptors (Lipinski definition) is 6. The van der Waals surface area contributed by atoms with Gasteiger partial charge in [0.25, 0.3) is 0 Å². The van der Waals surface area contributed by atoms with Gasteiger partial charge < -0.3 is 20.1 Å². The maximum Gasteiger partial charge on any atom is 0.307 e. The van der Waals surface area contributed by atoms with Gasteiger partial charge in [-0.05, 0) is 30.7 Å². The lowest BCUT2D eigenvalue weighted by Crippen LogP contribution is -2.57. The lowest BCUT2D eigenvalue weighted by Gasteiger charge is -2.33. The van der Waals surface area contributed by atoms with E-state index in [0.717, 1.165) is 0 Å². The zero-order valence-electron chi connectivity index (χ0n) is 16.1. The second-order valence-electron chi connectivity index (χ2n) is 6.37. The molecule has 1 unspecified atom stereocenters. The third kappa shape index (κ3) is 6.70. The van der Waals surface area contributed by atoms with Crippen LogP contribution in [0.1, 0.15) is 19.8 Å². The van der Waals surface area contributed by atoms with E-state index < -0.39 is 12.0 Å². The molecule has 28 heavy (non-hydrogen) atoms. The average molecular weight is 389 g/mol. The van der Waals surface area contributed by atoms with Crippen LogP contribution >= 0.6 is 0 Å². The van der Waals surface area contributed by atoms with Crippen LogP contribution < -0.4 is 15.4 Å². The molecule has 8 heteroatoms. The van der Waals surface area contributed by atoms with Crippen molar-refractivity contribution in [3.63, 3.8) is 0 Å². The van der Waals surface area contributed by atoms with Crippen molar-refractivity contribution in [1.82, 2.24) is 10.2 Å². The van der Waals surface area contributed by atoms with E-state index in [0.29, 0.717) is 44.2 Å². The SMILES string of the molecule is C=CCOc1ccc(NC(=O)CN2CCNC(=O)C2CC(=O)OCCC)cc1. The summed E-state index contributed by atoms with van der Waals surface area (Å²) < 4.78 is 10.5. The number of benzene rings is 1. The minimum absolute atomic E-state index is 0.00780. The Labute approximate surface area is 164 Å². The fourth-order valence-corrected chi connectivity index (χ4v) is 2.78. The molecule has 0 aliphatic carbocycles. The van der Waals surface area contributed by atoms with Crippen molar-refractivity contribution >= 4 is 23.5 Å². The molecule has 2 N–H and O–H groups in total. The van der Waals surface area contributed by atoms with Gasteiger partial charge in [-0.1, -0.05) is 19.6 Å². The third-order valence-corrected chi connectivity index (χ3v) is 4.12. The number of piperazine rings is 1. The van der Waals surface area contributed by atoms with Crippen molar-refractivity contribution in [2.24, 2.45) is 0 Å². The largest absolute Gasteiger partial charge is 0.490 e. The summed E-state index contributed by atoms with van der Waals surface area (Å²) in [5.41, 5.74) is 0.622. The van der Waals surface area contributed by atoms with Crippen molar-refractivity contribution in [3.8, 4) is 5.75 Å². The third-order valence-electron chi connectivity index (χ3n) is 4.12. The van der Waals surface area contributed by atoms with E-state index in [4.69, 9.17) is 9.47 Å². The first-order chi connectivity index (χ1) is 13.5. The number of nitrogens with zero attached hydrogens (tertiary/aromatic N) is 1. The van der Waals surface area contributed by atoms with E-state index in [1.807, 2.05) is 6.92 Å². The maximum absolute atomic E-state index is 12.4. The molecule has 1 fully saturated rings. The van der Waals surface area contributed by atoms with Crippen LogP contribution in [0.5, 0.6) is 5.75 Å². The number of amides is 2. The molecular weight excluding hydrogens is 362 g/mol. The van der Waals surface area contributed by atoms with Crippen LogP contribution in [-0.2, 0) is 19.1 Å². The van der Waals surface area contributed by atoms with E-state index in [1.165, 1.54) is 0 Å². The molecule has 0 spiro atoms. The van der Waals surface area contributed by atoms with Gasteiger partial charge in [-0.15, -0.1) is 0 Å². The lowest BCUT2D eigenvalue weighted by molar-refractivity contribution is -0.148. The van der Waals surface area contributed by atoms with Gasteiger partial charge >= 0.3 is 5.97 Å². The number of carbonyl (C=O) groups is 3. The zero-order valence-corrected chi connectivity index (χ0v) is 16.1. The number of rotatable bonds is 10. The molecule has 1 aliphatic rings. The van der Waals surface area contributed by atoms with Crippen molar-refractivity contribution in [3.05, 3.63) is 36.9 Å². The summed E-state index contributed by atoms with van der Waals surface area (Å²) in [5, 5.41) is 5.52. The molecule has 8 nitrogen and oxygen atoms in total. The first-order valence-corrected chi connectivity index (χ1v) is 9.34. The number of nitrogens with one attached hydrogen (secondary N) is 2. The Morgan fingerprint density at radius 2 is 2.11 bits per heavy atom. The molecule has 2 amide bonds. The molecule has 1 atom stereocenters. The molecule has 0 radical (unpaired) electrons. The predicted molar refractivity (Wildman–Crippen MR) is 105 cm³/mol. The average Bonchev–Trinajstić information content (AvgIpc) is 2.68. The van der Waals surface area contributed by atoms with Crippen molar-refractivity contribution in [2.75, 3.05) is 38.2 Å². The molecule has 1 aliphatic heterocycles. The van der Waals surface area contributed by atoms with Crippen molar-refractivity contribution in [2.45, 2.75) is 25.8 Å². The monoisotopic (exact) mass is 389 g/mol. The molecule has 1 aromatic rings. The molecule has 0 bridgehead atoms. The van der Waals surface area contributed by atoms with Crippen LogP contribution in [0.15, 0.2) is 36.9 Å². The highest BCUT2D eigenvalue weighted by Gasteiger charge is 2.33. The van der Waals surface area contributed by atoms with E-state index in [-0.39, 0.29) is 24.8 Å². The van der Waals surface area contributed by atoms with Gasteiger partial charge in [-0.2, -0.15) is 0 Å². The summed E-state index contributed by atoms with van der Waals surface area (Å²) in [6.07, 6.45) is 2.29. The Morgan fingerprint density at radius 3 is 2.79 bits per heavy atom. The molecular formula is C20H27N3O5. The van der Waals surface area contributed by atoms with E-state index in [2.05, 4.69) is 17.2 Å². The summed E-state index contributed by atoms with van der Waals surface area (Å²) in [4.78, 5) is 38.2. The van der Waals surface area contributed by atoms with Crippen LogP contribution in [0.25, 0.3) is 0 Å². The molecule has 1 saturated heterocycles. The lowest BCUT2D eigenvalue weighted by atomic mass is 10.1. The molecule has 2 rings (SSSR count). The quantitative estimate of drug-likeness (QED) is 0.463. The summed E-state index contributed by atoms with van der Waals surface area (Å²) in [7, 11) is 0. The summed E-state index contributed by atoms with van der Waals surface area (Å²) in [6.45, 7) is 7.14. The first kappa shape index (κ1) is 21.4. The van der Waals surface area contributed by atoms with Gasteiger partial charge in [0.2, 0.25) is 11.8 Å².